The fraction of sp³-hybridized carbons (Fsp3) is 0.130. The molecule has 31 heavy (non-hydrogen) atoms. The molecule has 0 aliphatic rings. The van der Waals surface area contributed by atoms with Gasteiger partial charge in [-0.3, -0.25) is 19.4 Å². The number of hydrogen-bond acceptors (Lipinski definition) is 5. The maximum atomic E-state index is 12.7. The monoisotopic (exact) mass is 417 g/mol. The predicted octanol–water partition coefficient (Wildman–Crippen LogP) is 2.55. The number of benzene rings is 2. The second-order valence-corrected chi connectivity index (χ2v) is 6.74. The fourth-order valence-electron chi connectivity index (χ4n) is 2.84. The summed E-state index contributed by atoms with van der Waals surface area (Å²) in [6.45, 7) is 0.730. The molecule has 5 N–H and O–H groups in total. The van der Waals surface area contributed by atoms with E-state index < -0.39 is 17.7 Å². The van der Waals surface area contributed by atoms with E-state index in [2.05, 4.69) is 20.9 Å². The zero-order valence-corrected chi connectivity index (χ0v) is 16.8. The van der Waals surface area contributed by atoms with E-state index in [9.17, 15) is 14.4 Å². The van der Waals surface area contributed by atoms with Gasteiger partial charge >= 0.3 is 0 Å². The summed E-state index contributed by atoms with van der Waals surface area (Å²) in [5, 5.41) is 8.59. The summed E-state index contributed by atoms with van der Waals surface area (Å²) >= 11 is 0. The maximum Gasteiger partial charge on any atom is 0.274 e. The van der Waals surface area contributed by atoms with Gasteiger partial charge in [0.25, 0.3) is 11.8 Å². The Labute approximate surface area is 179 Å². The fourth-order valence-corrected chi connectivity index (χ4v) is 2.84. The summed E-state index contributed by atoms with van der Waals surface area (Å²) in [5.74, 6) is -1.36. The van der Waals surface area contributed by atoms with E-state index in [0.29, 0.717) is 12.2 Å². The van der Waals surface area contributed by atoms with Gasteiger partial charge < -0.3 is 21.7 Å². The lowest BCUT2D eigenvalue weighted by molar-refractivity contribution is -0.117. The van der Waals surface area contributed by atoms with Crippen LogP contribution < -0.4 is 21.7 Å². The highest BCUT2D eigenvalue weighted by Gasteiger charge is 2.15. The van der Waals surface area contributed by atoms with Gasteiger partial charge in [0, 0.05) is 31.4 Å². The SMILES string of the molecule is NC(=O)CCNC(=O)c1ccccc1NC(=O)c1cc(NCc2ccccc2)ccn1. The van der Waals surface area contributed by atoms with Crippen LogP contribution in [0.4, 0.5) is 11.4 Å². The summed E-state index contributed by atoms with van der Waals surface area (Å²) in [6.07, 6.45) is 1.58. The van der Waals surface area contributed by atoms with Crippen molar-refractivity contribution in [3.63, 3.8) is 0 Å². The van der Waals surface area contributed by atoms with Crippen molar-refractivity contribution in [1.29, 1.82) is 0 Å². The molecular formula is C23H23N5O3. The van der Waals surface area contributed by atoms with Gasteiger partial charge in [0.15, 0.2) is 0 Å². The number of amides is 3. The number of nitrogens with one attached hydrogen (secondary N) is 3. The van der Waals surface area contributed by atoms with Gasteiger partial charge in [-0.2, -0.15) is 0 Å². The van der Waals surface area contributed by atoms with Crippen molar-refractivity contribution in [2.24, 2.45) is 5.73 Å². The first kappa shape index (κ1) is 21.5. The molecule has 0 saturated heterocycles. The highest BCUT2D eigenvalue weighted by molar-refractivity contribution is 6.08. The van der Waals surface area contributed by atoms with E-state index in [1.165, 1.54) is 0 Å². The van der Waals surface area contributed by atoms with Gasteiger partial charge in [-0.05, 0) is 29.8 Å². The van der Waals surface area contributed by atoms with E-state index in [-0.39, 0.29) is 24.2 Å². The van der Waals surface area contributed by atoms with Crippen LogP contribution in [-0.2, 0) is 11.3 Å². The lowest BCUT2D eigenvalue weighted by Crippen LogP contribution is -2.29. The summed E-state index contributed by atoms with van der Waals surface area (Å²) in [6, 6.07) is 19.9. The molecule has 3 rings (SSSR count). The maximum absolute atomic E-state index is 12.7. The molecule has 8 heteroatoms. The number of carbonyl (C=O) groups excluding carboxylic acids is 3. The number of anilines is 2. The third-order valence-corrected chi connectivity index (χ3v) is 4.41. The first-order valence-corrected chi connectivity index (χ1v) is 9.73. The van der Waals surface area contributed by atoms with Gasteiger partial charge in [0.2, 0.25) is 5.91 Å². The molecule has 0 spiro atoms. The van der Waals surface area contributed by atoms with Gasteiger partial charge in [-0.15, -0.1) is 0 Å². The van der Waals surface area contributed by atoms with E-state index in [1.54, 1.807) is 42.6 Å². The Balaban J connectivity index is 1.66. The summed E-state index contributed by atoms with van der Waals surface area (Å²) in [5.41, 5.74) is 7.78. The zero-order chi connectivity index (χ0) is 22.1. The number of nitrogens with two attached hydrogens (primary N) is 1. The lowest BCUT2D eigenvalue weighted by atomic mass is 10.1. The number of aromatic nitrogens is 1. The highest BCUT2D eigenvalue weighted by Crippen LogP contribution is 2.17. The molecule has 158 valence electrons. The van der Waals surface area contributed by atoms with Crippen molar-refractivity contribution in [1.82, 2.24) is 10.3 Å². The van der Waals surface area contributed by atoms with Crippen LogP contribution in [0.15, 0.2) is 72.9 Å². The molecule has 3 aromatic rings. The van der Waals surface area contributed by atoms with Gasteiger partial charge in [-0.1, -0.05) is 42.5 Å². The lowest BCUT2D eigenvalue weighted by Gasteiger charge is -2.12. The Kier molecular flexibility index (Phi) is 7.31. The van der Waals surface area contributed by atoms with Crippen LogP contribution in [0.5, 0.6) is 0 Å². The molecule has 0 radical (unpaired) electrons. The van der Waals surface area contributed by atoms with Crippen LogP contribution in [0.2, 0.25) is 0 Å². The Morgan fingerprint density at radius 3 is 2.42 bits per heavy atom. The zero-order valence-electron chi connectivity index (χ0n) is 16.8. The Hall–Kier alpha value is -4.20. The minimum Gasteiger partial charge on any atom is -0.381 e. The van der Waals surface area contributed by atoms with E-state index in [1.807, 2.05) is 30.3 Å². The molecule has 0 unspecified atom stereocenters. The van der Waals surface area contributed by atoms with Crippen LogP contribution in [0.25, 0.3) is 0 Å². The third kappa shape index (κ3) is 6.40. The van der Waals surface area contributed by atoms with Crippen LogP contribution in [-0.4, -0.2) is 29.3 Å². The van der Waals surface area contributed by atoms with Crippen LogP contribution >= 0.6 is 0 Å². The van der Waals surface area contributed by atoms with E-state index in [4.69, 9.17) is 5.73 Å². The van der Waals surface area contributed by atoms with Gasteiger partial charge in [0.1, 0.15) is 5.69 Å². The minimum atomic E-state index is -0.506. The van der Waals surface area contributed by atoms with Crippen LogP contribution in [0, 0.1) is 0 Å². The van der Waals surface area contributed by atoms with E-state index in [0.717, 1.165) is 11.3 Å². The van der Waals surface area contributed by atoms with Crippen molar-refractivity contribution < 1.29 is 14.4 Å². The average molecular weight is 417 g/mol. The third-order valence-electron chi connectivity index (χ3n) is 4.41. The number of para-hydroxylation sites is 1. The number of primary amides is 1. The quantitative estimate of drug-likeness (QED) is 0.426. The number of nitrogens with zero attached hydrogens (tertiary/aromatic N) is 1. The first-order chi connectivity index (χ1) is 15.0. The number of pyridine rings is 1. The molecular weight excluding hydrogens is 394 g/mol. The molecule has 2 aromatic carbocycles. The van der Waals surface area contributed by atoms with Gasteiger partial charge in [0.05, 0.1) is 11.3 Å². The van der Waals surface area contributed by atoms with Crippen LogP contribution in [0.3, 0.4) is 0 Å². The highest BCUT2D eigenvalue weighted by atomic mass is 16.2. The van der Waals surface area contributed by atoms with Crippen molar-refractivity contribution in [2.75, 3.05) is 17.2 Å². The van der Waals surface area contributed by atoms with Crippen molar-refractivity contribution in [3.8, 4) is 0 Å². The standard InChI is InChI=1S/C23H23N5O3/c24-21(29)11-13-26-22(30)18-8-4-5-9-19(18)28-23(31)20-14-17(10-12-25-20)27-15-16-6-2-1-3-7-16/h1-10,12,14H,11,13,15H2,(H2,24,29)(H,25,27)(H,26,30)(H,28,31). The van der Waals surface area contributed by atoms with E-state index >= 15 is 0 Å². The van der Waals surface area contributed by atoms with Crippen molar-refractivity contribution in [3.05, 3.63) is 89.7 Å². The number of rotatable bonds is 9. The topological polar surface area (TPSA) is 126 Å². The Bertz CT molecular complexity index is 1070. The molecule has 0 bridgehead atoms. The second-order valence-electron chi connectivity index (χ2n) is 6.74. The minimum absolute atomic E-state index is 0.0347. The number of carbonyl (C=O) groups is 3. The molecule has 0 aliphatic carbocycles. The smallest absolute Gasteiger partial charge is 0.274 e. The molecule has 8 nitrogen and oxygen atoms in total. The molecule has 0 atom stereocenters. The number of hydrogen-bond donors (Lipinski definition) is 4. The largest absolute Gasteiger partial charge is 0.381 e. The van der Waals surface area contributed by atoms with Crippen LogP contribution in [0.1, 0.15) is 32.8 Å². The average Bonchev–Trinajstić information content (AvgIpc) is 2.78. The summed E-state index contributed by atoms with van der Waals surface area (Å²) < 4.78 is 0. The summed E-state index contributed by atoms with van der Waals surface area (Å²) in [4.78, 5) is 40.1. The molecule has 0 saturated carbocycles. The molecule has 1 aromatic heterocycles. The van der Waals surface area contributed by atoms with Gasteiger partial charge in [-0.25, -0.2) is 0 Å². The van der Waals surface area contributed by atoms with Crippen molar-refractivity contribution >= 4 is 29.1 Å². The Morgan fingerprint density at radius 1 is 0.903 bits per heavy atom. The molecule has 0 aliphatic heterocycles. The molecule has 3 amide bonds. The normalized spacial score (nSPS) is 10.2. The Morgan fingerprint density at radius 2 is 1.65 bits per heavy atom. The first-order valence-electron chi connectivity index (χ1n) is 9.73. The summed E-state index contributed by atoms with van der Waals surface area (Å²) in [7, 11) is 0. The molecule has 1 heterocycles. The molecule has 0 fully saturated rings. The predicted molar refractivity (Wildman–Crippen MR) is 119 cm³/mol. The van der Waals surface area contributed by atoms with Crippen molar-refractivity contribution in [2.45, 2.75) is 13.0 Å². The second kappa shape index (κ2) is 10.5.